The maximum Gasteiger partial charge on any atom is 0.0844 e. The minimum atomic E-state index is -0.521. The fourth-order valence-corrected chi connectivity index (χ4v) is 5.38. The van der Waals surface area contributed by atoms with Crippen molar-refractivity contribution in [2.75, 3.05) is 0 Å². The zero-order valence-corrected chi connectivity index (χ0v) is 25.6. The second-order valence-corrected chi connectivity index (χ2v) is 18.6. The molecule has 0 aromatic rings. The minimum Gasteiger partial charge on any atom is -0.344 e. The summed E-state index contributed by atoms with van der Waals surface area (Å²) in [6, 6.07) is 0. The van der Waals surface area contributed by atoms with E-state index < -0.39 is 15.1 Å². The third-order valence-electron chi connectivity index (χ3n) is 4.04. The SMILES string of the molecule is CC/C=C\CC(/C=C/C=C\CC(C)/C=C/C=C/C=C/C(CCC)OP(P)P)OP(P)P. The first-order valence-electron chi connectivity index (χ1n) is 10.8. The molecule has 7 unspecified atom stereocenters. The highest BCUT2D eigenvalue weighted by Gasteiger charge is 2.06. The van der Waals surface area contributed by atoms with Gasteiger partial charge in [0.2, 0.25) is 0 Å². The summed E-state index contributed by atoms with van der Waals surface area (Å²) in [5, 5.41) is 0. The van der Waals surface area contributed by atoms with Gasteiger partial charge in [-0.15, -0.1) is 0 Å². The molecule has 31 heavy (non-hydrogen) atoms. The van der Waals surface area contributed by atoms with Crippen molar-refractivity contribution in [3.05, 3.63) is 72.9 Å². The molecule has 0 spiro atoms. The molecule has 0 saturated heterocycles. The van der Waals surface area contributed by atoms with Gasteiger partial charge in [0.25, 0.3) is 0 Å². The van der Waals surface area contributed by atoms with Crippen LogP contribution in [-0.2, 0) is 9.05 Å². The number of rotatable bonds is 17. The summed E-state index contributed by atoms with van der Waals surface area (Å²) >= 11 is 0. The van der Waals surface area contributed by atoms with Crippen LogP contribution >= 0.6 is 50.8 Å². The smallest absolute Gasteiger partial charge is 0.0844 e. The summed E-state index contributed by atoms with van der Waals surface area (Å²) in [6.07, 6.45) is 31.2. The van der Waals surface area contributed by atoms with Crippen LogP contribution in [0.15, 0.2) is 72.9 Å². The van der Waals surface area contributed by atoms with Crippen LogP contribution in [0.4, 0.5) is 0 Å². The largest absolute Gasteiger partial charge is 0.344 e. The quantitative estimate of drug-likeness (QED) is 0.105. The van der Waals surface area contributed by atoms with Gasteiger partial charge in [0.05, 0.1) is 27.3 Å². The first kappa shape index (κ1) is 31.9. The molecule has 0 bridgehead atoms. The summed E-state index contributed by atoms with van der Waals surface area (Å²) in [5.74, 6) is 0.499. The Balaban J connectivity index is 4.38. The molecule has 8 heteroatoms. The van der Waals surface area contributed by atoms with Gasteiger partial charge in [-0.2, -0.15) is 0 Å². The Morgan fingerprint density at radius 3 is 1.87 bits per heavy atom. The van der Waals surface area contributed by atoms with E-state index in [-0.39, 0.29) is 12.2 Å². The molecule has 0 saturated carbocycles. The lowest BCUT2D eigenvalue weighted by Gasteiger charge is -2.15. The number of allylic oxidation sites excluding steroid dienone is 9. The van der Waals surface area contributed by atoms with E-state index in [1.54, 1.807) is 0 Å². The second-order valence-electron chi connectivity index (χ2n) is 7.09. The van der Waals surface area contributed by atoms with Gasteiger partial charge < -0.3 is 9.05 Å². The van der Waals surface area contributed by atoms with Crippen molar-refractivity contribution in [2.45, 2.75) is 65.1 Å². The Morgan fingerprint density at radius 1 is 0.677 bits per heavy atom. The van der Waals surface area contributed by atoms with Gasteiger partial charge in [0.15, 0.2) is 0 Å². The van der Waals surface area contributed by atoms with Crippen molar-refractivity contribution >= 4 is 50.8 Å². The van der Waals surface area contributed by atoms with Gasteiger partial charge in [0, 0.05) is 0 Å². The highest BCUT2D eigenvalue weighted by Crippen LogP contribution is 2.55. The molecule has 0 fully saturated rings. The molecule has 0 radical (unpaired) electrons. The lowest BCUT2D eigenvalue weighted by atomic mass is 10.1. The average Bonchev–Trinajstić information content (AvgIpc) is 2.69. The van der Waals surface area contributed by atoms with Crippen LogP contribution in [0.2, 0.25) is 0 Å². The Hall–Kier alpha value is 0.940. The van der Waals surface area contributed by atoms with E-state index in [0.717, 1.165) is 32.1 Å². The van der Waals surface area contributed by atoms with Gasteiger partial charge in [-0.3, -0.25) is 0 Å². The van der Waals surface area contributed by atoms with Crippen molar-refractivity contribution in [3.8, 4) is 0 Å². The summed E-state index contributed by atoms with van der Waals surface area (Å²) < 4.78 is 11.8. The minimum absolute atomic E-state index is 0.130. The topological polar surface area (TPSA) is 18.5 Å². The molecule has 0 aromatic carbocycles. The van der Waals surface area contributed by atoms with Crippen molar-refractivity contribution in [3.63, 3.8) is 0 Å². The Bertz CT molecular complexity index is 597. The van der Waals surface area contributed by atoms with Crippen LogP contribution in [0, 0.1) is 5.92 Å². The van der Waals surface area contributed by atoms with Crippen molar-refractivity contribution in [1.29, 1.82) is 0 Å². The van der Waals surface area contributed by atoms with Crippen LogP contribution in [0.1, 0.15) is 52.9 Å². The first-order chi connectivity index (χ1) is 14.9. The van der Waals surface area contributed by atoms with Gasteiger partial charge >= 0.3 is 0 Å². The van der Waals surface area contributed by atoms with E-state index in [0.29, 0.717) is 5.92 Å². The molecular formula is C23H42O2P6. The van der Waals surface area contributed by atoms with Crippen molar-refractivity contribution in [1.82, 2.24) is 0 Å². The van der Waals surface area contributed by atoms with Crippen molar-refractivity contribution < 1.29 is 9.05 Å². The van der Waals surface area contributed by atoms with E-state index in [1.807, 2.05) is 0 Å². The van der Waals surface area contributed by atoms with Crippen molar-refractivity contribution in [2.24, 2.45) is 5.92 Å². The number of hydrogen-bond acceptors (Lipinski definition) is 2. The van der Waals surface area contributed by atoms with Crippen LogP contribution < -0.4 is 0 Å². The fraction of sp³-hybridized carbons (Fsp3) is 0.478. The summed E-state index contributed by atoms with van der Waals surface area (Å²) in [7, 11) is 9.88. The third-order valence-corrected chi connectivity index (χ3v) is 6.53. The second kappa shape index (κ2) is 22.7. The molecular weight excluding hydrogens is 494 g/mol. The van der Waals surface area contributed by atoms with Crippen LogP contribution in [0.3, 0.4) is 0 Å². The molecule has 0 aliphatic rings. The maximum absolute atomic E-state index is 5.94. The molecule has 0 aliphatic carbocycles. The lowest BCUT2D eigenvalue weighted by Crippen LogP contribution is -2.03. The standard InChI is InChI=1S/C23H42O2P6/c1-4-6-10-18-23(25-31(28)29)20-14-9-12-17-21(3)16-11-7-8-13-19-22(15-5-2)24-30(26)27/h6-14,16,19-23H,4-5,15,17-18,26-29H2,1-3H3/b8-7+,10-6-,12-9-,16-11+,19-13+,20-14+. The Morgan fingerprint density at radius 2 is 1.26 bits per heavy atom. The van der Waals surface area contributed by atoms with E-state index in [4.69, 9.17) is 9.05 Å². The molecule has 0 rings (SSSR count). The normalized spacial score (nSPS) is 16.5. The van der Waals surface area contributed by atoms with E-state index in [2.05, 4.69) is 129 Å². The summed E-state index contributed by atoms with van der Waals surface area (Å²) in [5.41, 5.74) is 0. The van der Waals surface area contributed by atoms with Crippen LogP contribution in [-0.4, -0.2) is 12.2 Å². The Labute approximate surface area is 203 Å². The molecule has 0 heterocycles. The highest BCUT2D eigenvalue weighted by atomic mass is 32.4. The first-order valence-corrected chi connectivity index (χ1v) is 19.8. The molecule has 7 atom stereocenters. The molecule has 0 N–H and O–H groups in total. The van der Waals surface area contributed by atoms with E-state index in [9.17, 15) is 0 Å². The molecule has 0 aliphatic heterocycles. The zero-order chi connectivity index (χ0) is 23.3. The summed E-state index contributed by atoms with van der Waals surface area (Å²) in [6.45, 7) is 6.57. The fourth-order valence-electron chi connectivity index (χ4n) is 2.54. The van der Waals surface area contributed by atoms with Gasteiger partial charge in [-0.1, -0.05) is 136 Å². The highest BCUT2D eigenvalue weighted by molar-refractivity contribution is 8.41. The summed E-state index contributed by atoms with van der Waals surface area (Å²) in [4.78, 5) is 0. The molecule has 0 amide bonds. The molecule has 0 aromatic heterocycles. The van der Waals surface area contributed by atoms with Gasteiger partial charge in [-0.05, 0) is 31.6 Å². The predicted octanol–water partition coefficient (Wildman–Crippen LogP) is 9.67. The zero-order valence-electron chi connectivity index (χ0n) is 19.2. The third kappa shape index (κ3) is 22.5. The Kier molecular flexibility index (Phi) is 23.4. The predicted molar refractivity (Wildman–Crippen MR) is 161 cm³/mol. The van der Waals surface area contributed by atoms with Crippen LogP contribution in [0.25, 0.3) is 0 Å². The average molecular weight is 536 g/mol. The molecule has 176 valence electrons. The van der Waals surface area contributed by atoms with Crippen LogP contribution in [0.5, 0.6) is 0 Å². The van der Waals surface area contributed by atoms with Gasteiger partial charge in [-0.25, -0.2) is 0 Å². The molecule has 2 nitrogen and oxygen atoms in total. The monoisotopic (exact) mass is 536 g/mol. The lowest BCUT2D eigenvalue weighted by molar-refractivity contribution is 0.275. The number of hydrogen-bond donors (Lipinski definition) is 0. The van der Waals surface area contributed by atoms with E-state index in [1.165, 1.54) is 0 Å². The van der Waals surface area contributed by atoms with Gasteiger partial charge in [0.1, 0.15) is 0 Å². The maximum atomic E-state index is 5.94. The van der Waals surface area contributed by atoms with E-state index >= 15 is 0 Å².